The number of ether oxygens (including phenoxy) is 3. The Balaban J connectivity index is 1.69. The van der Waals surface area contributed by atoms with Gasteiger partial charge in [-0.1, -0.05) is 67.1 Å². The predicted molar refractivity (Wildman–Crippen MR) is 182 cm³/mol. The van der Waals surface area contributed by atoms with E-state index in [1.165, 1.54) is 24.1 Å². The monoisotopic (exact) mass is 699 g/mol. The molecule has 2 aliphatic heterocycles. The van der Waals surface area contributed by atoms with E-state index in [0.29, 0.717) is 47.2 Å². The largest absolute Gasteiger partial charge is 0.466 e. The van der Waals surface area contributed by atoms with E-state index in [1.54, 1.807) is 55.5 Å². The summed E-state index contributed by atoms with van der Waals surface area (Å²) in [5, 5.41) is 0.898. The molecule has 0 aromatic heterocycles. The highest BCUT2D eigenvalue weighted by atomic mass is 35.5. The molecule has 2 heterocycles. The van der Waals surface area contributed by atoms with Gasteiger partial charge >= 0.3 is 5.97 Å². The lowest BCUT2D eigenvalue weighted by Crippen LogP contribution is -2.51. The molecule has 250 valence electrons. The maximum Gasteiger partial charge on any atom is 0.311 e. The normalized spacial score (nSPS) is 19.7. The van der Waals surface area contributed by atoms with Crippen molar-refractivity contribution in [1.29, 1.82) is 0 Å². The van der Waals surface area contributed by atoms with Crippen LogP contribution in [0.15, 0.2) is 60.7 Å². The number of benzene rings is 3. The number of hydrogen-bond donors (Lipinski definition) is 0. The van der Waals surface area contributed by atoms with Crippen LogP contribution in [-0.2, 0) is 24.7 Å². The zero-order valence-corrected chi connectivity index (χ0v) is 29.8. The Morgan fingerprint density at radius 2 is 1.62 bits per heavy atom. The number of ketones is 1. The number of fused-ring (bicyclic) bond motifs is 1. The van der Waals surface area contributed by atoms with Crippen molar-refractivity contribution in [1.82, 2.24) is 4.90 Å². The molecule has 3 atom stereocenters. The van der Waals surface area contributed by atoms with Crippen LogP contribution in [0.1, 0.15) is 63.2 Å². The van der Waals surface area contributed by atoms with E-state index in [2.05, 4.69) is 19.6 Å². The van der Waals surface area contributed by atoms with E-state index in [0.717, 1.165) is 6.04 Å². The van der Waals surface area contributed by atoms with Gasteiger partial charge < -0.3 is 14.2 Å². The van der Waals surface area contributed by atoms with E-state index in [9.17, 15) is 14.4 Å². The molecule has 0 aliphatic carbocycles. The summed E-state index contributed by atoms with van der Waals surface area (Å²) in [6.45, 7) is 9.38. The molecule has 3 aromatic carbocycles. The summed E-state index contributed by atoms with van der Waals surface area (Å²) < 4.78 is 34.1. The van der Waals surface area contributed by atoms with Gasteiger partial charge in [-0.3, -0.25) is 19.3 Å². The second kappa shape index (κ2) is 14.2. The summed E-state index contributed by atoms with van der Waals surface area (Å²) in [5.74, 6) is -3.38. The van der Waals surface area contributed by atoms with Crippen molar-refractivity contribution >= 4 is 48.9 Å². The van der Waals surface area contributed by atoms with Crippen LogP contribution in [0.3, 0.4) is 0 Å². The fraction of sp³-hybridized carbons (Fsp3) is 0.417. The number of carbonyl (C=O) groups is 3. The highest BCUT2D eigenvalue weighted by Crippen LogP contribution is 2.52. The Labute approximate surface area is 286 Å². The number of Topliss-reactive ketones (excluding diaryl/α,β-unsaturated/α-hetero) is 1. The van der Waals surface area contributed by atoms with Gasteiger partial charge in [0, 0.05) is 55.5 Å². The third-order valence-electron chi connectivity index (χ3n) is 9.06. The van der Waals surface area contributed by atoms with Crippen molar-refractivity contribution in [2.24, 2.45) is 11.8 Å². The van der Waals surface area contributed by atoms with Gasteiger partial charge in [0.15, 0.2) is 11.5 Å². The third kappa shape index (κ3) is 7.06. The van der Waals surface area contributed by atoms with Crippen LogP contribution in [0, 0.1) is 17.7 Å². The summed E-state index contributed by atoms with van der Waals surface area (Å²) >= 11 is 12.5. The third-order valence-corrected chi connectivity index (χ3v) is 11.3. The fourth-order valence-corrected chi connectivity index (χ4v) is 7.46. The van der Waals surface area contributed by atoms with E-state index in [-0.39, 0.29) is 35.0 Å². The molecular formula is C36H40Cl2FNO6Si. The number of hydrogen-bond acceptors (Lipinski definition) is 6. The number of esters is 1. The van der Waals surface area contributed by atoms with E-state index < -0.39 is 43.5 Å². The molecule has 0 bridgehead atoms. The number of rotatable bonds is 11. The molecule has 1 saturated heterocycles. The van der Waals surface area contributed by atoms with Crippen LogP contribution in [-0.4, -0.2) is 57.6 Å². The van der Waals surface area contributed by atoms with Crippen molar-refractivity contribution in [2.75, 3.05) is 26.9 Å². The van der Waals surface area contributed by atoms with Crippen LogP contribution in [0.2, 0.25) is 35.7 Å². The van der Waals surface area contributed by atoms with Crippen LogP contribution < -0.4 is 0 Å². The summed E-state index contributed by atoms with van der Waals surface area (Å²) in [6, 6.07) is 15.8. The summed E-state index contributed by atoms with van der Waals surface area (Å²) in [5.41, 5.74) is -0.814. The van der Waals surface area contributed by atoms with Crippen LogP contribution in [0.5, 0.6) is 0 Å². The molecule has 0 spiro atoms. The van der Waals surface area contributed by atoms with Gasteiger partial charge in [-0.15, -0.1) is 0 Å². The number of amides is 1. The lowest BCUT2D eigenvalue weighted by atomic mass is 9.86. The van der Waals surface area contributed by atoms with Gasteiger partial charge in [0.05, 0.1) is 29.7 Å². The second-order valence-corrected chi connectivity index (χ2v) is 19.9. The minimum absolute atomic E-state index is 0.0181. The molecule has 0 N–H and O–H groups in total. The zero-order valence-electron chi connectivity index (χ0n) is 27.3. The van der Waals surface area contributed by atoms with Crippen molar-refractivity contribution in [3.05, 3.63) is 104 Å². The first-order valence-electron chi connectivity index (χ1n) is 15.8. The molecule has 0 radical (unpaired) electrons. The average Bonchev–Trinajstić information content (AvgIpc) is 3.30. The smallest absolute Gasteiger partial charge is 0.311 e. The highest BCUT2D eigenvalue weighted by Gasteiger charge is 2.58. The van der Waals surface area contributed by atoms with Gasteiger partial charge in [-0.2, -0.15) is 0 Å². The van der Waals surface area contributed by atoms with Gasteiger partial charge in [0.1, 0.15) is 5.82 Å². The van der Waals surface area contributed by atoms with Gasteiger partial charge in [0.2, 0.25) is 0 Å². The minimum Gasteiger partial charge on any atom is -0.466 e. The van der Waals surface area contributed by atoms with Gasteiger partial charge in [-0.25, -0.2) is 4.39 Å². The van der Waals surface area contributed by atoms with Crippen molar-refractivity contribution < 1.29 is 33.0 Å². The first-order chi connectivity index (χ1) is 22.3. The molecule has 7 nitrogen and oxygen atoms in total. The molecular weight excluding hydrogens is 660 g/mol. The molecule has 2 aliphatic rings. The van der Waals surface area contributed by atoms with Crippen molar-refractivity contribution in [2.45, 2.75) is 57.2 Å². The van der Waals surface area contributed by atoms with E-state index >= 15 is 4.39 Å². The summed E-state index contributed by atoms with van der Waals surface area (Å²) in [4.78, 5) is 43.5. The lowest BCUT2D eigenvalue weighted by molar-refractivity contribution is -0.155. The fourth-order valence-electron chi connectivity index (χ4n) is 6.49. The predicted octanol–water partition coefficient (Wildman–Crippen LogP) is 8.30. The summed E-state index contributed by atoms with van der Waals surface area (Å²) in [6.07, 6.45) is 1.03. The molecule has 47 heavy (non-hydrogen) atoms. The average molecular weight is 701 g/mol. The SMILES string of the molecule is COC1(c2ccc(Cl)cc2)c2c(F)cc(C(=O)C3CCOCC3)cc2C(=O)N1[C@H](c1ccc(Cl)cc1)[C@H](C)C(=O)OCC[Si](C)(C)C. The molecule has 1 unspecified atom stereocenters. The number of halogens is 3. The summed E-state index contributed by atoms with van der Waals surface area (Å²) in [7, 11) is -0.121. The van der Waals surface area contributed by atoms with Crippen molar-refractivity contribution in [3.8, 4) is 0 Å². The Morgan fingerprint density at radius 3 is 2.19 bits per heavy atom. The first-order valence-corrected chi connectivity index (χ1v) is 20.3. The van der Waals surface area contributed by atoms with Crippen LogP contribution >= 0.6 is 23.2 Å². The topological polar surface area (TPSA) is 82.1 Å². The Kier molecular flexibility index (Phi) is 10.6. The van der Waals surface area contributed by atoms with E-state index in [1.807, 2.05) is 0 Å². The maximum atomic E-state index is 16.7. The maximum absolute atomic E-state index is 16.7. The molecule has 1 amide bonds. The number of nitrogens with zero attached hydrogens (tertiary/aromatic N) is 1. The van der Waals surface area contributed by atoms with Crippen molar-refractivity contribution in [3.63, 3.8) is 0 Å². The Morgan fingerprint density at radius 1 is 1.02 bits per heavy atom. The standard InChI is InChI=1S/C36H40Cl2FNO6Si/c1-22(35(43)46-18-19-47(3,4)5)32(23-6-10-27(37)11-7-23)40-34(42)29-20-25(33(41)24-14-16-45-17-15-24)21-30(39)31(29)36(40,44-2)26-8-12-28(38)13-9-26/h6-13,20-22,24,32H,14-19H2,1-5H3/t22-,32-,36?/m0/s1. The number of methoxy groups -OCH3 is 1. The van der Waals surface area contributed by atoms with Crippen LogP contribution in [0.4, 0.5) is 4.39 Å². The zero-order chi connectivity index (χ0) is 34.1. The molecule has 3 aromatic rings. The van der Waals surface area contributed by atoms with Gasteiger partial charge in [-0.05, 0) is 67.8 Å². The second-order valence-electron chi connectivity index (χ2n) is 13.4. The molecule has 0 saturated carbocycles. The Bertz CT molecular complexity index is 1640. The quantitative estimate of drug-likeness (QED) is 0.114. The minimum atomic E-state index is -1.83. The lowest BCUT2D eigenvalue weighted by Gasteiger charge is -2.44. The molecule has 5 rings (SSSR count). The van der Waals surface area contributed by atoms with Gasteiger partial charge in [0.25, 0.3) is 5.91 Å². The highest BCUT2D eigenvalue weighted by molar-refractivity contribution is 6.76. The Hall–Kier alpha value is -3.08. The first kappa shape index (κ1) is 35.2. The molecule has 11 heteroatoms. The van der Waals surface area contributed by atoms with E-state index in [4.69, 9.17) is 37.4 Å². The number of carbonyl (C=O) groups excluding carboxylic acids is 3. The van der Waals surface area contributed by atoms with Crippen LogP contribution in [0.25, 0.3) is 0 Å². The molecule has 1 fully saturated rings.